The lowest BCUT2D eigenvalue weighted by Gasteiger charge is -2.27. The molecule has 0 radical (unpaired) electrons. The molecule has 1 aliphatic heterocycles. The van der Waals surface area contributed by atoms with Gasteiger partial charge >= 0.3 is 15.5 Å². The number of ether oxygens (including phenoxy) is 1. The van der Waals surface area contributed by atoms with Crippen LogP contribution in [0.25, 0.3) is 0 Å². The molecule has 138 valence electrons. The Kier molecular flexibility index (Phi) is 5.08. The van der Waals surface area contributed by atoms with Crippen molar-refractivity contribution < 1.29 is 26.3 Å². The number of rotatable bonds is 4. The van der Waals surface area contributed by atoms with Crippen molar-refractivity contribution >= 4 is 15.7 Å². The van der Waals surface area contributed by atoms with Gasteiger partial charge in [0.25, 0.3) is 0 Å². The first-order valence-electron chi connectivity index (χ1n) is 7.30. The zero-order valence-electron chi connectivity index (χ0n) is 14.2. The number of allylic oxidation sites excluding steroid dienone is 2. The molecule has 25 heavy (non-hydrogen) atoms. The number of nitrogens with zero attached hydrogens (tertiary/aromatic N) is 2. The van der Waals surface area contributed by atoms with E-state index >= 15 is 0 Å². The summed E-state index contributed by atoms with van der Waals surface area (Å²) in [6.07, 6.45) is 3.30. The molecule has 1 aliphatic rings. The Morgan fingerprint density at radius 1 is 1.24 bits per heavy atom. The molecule has 0 saturated carbocycles. The highest BCUT2D eigenvalue weighted by atomic mass is 32.2. The van der Waals surface area contributed by atoms with Crippen molar-refractivity contribution in [3.8, 4) is 5.75 Å². The maximum atomic E-state index is 12.7. The topological polar surface area (TPSA) is 49.9 Å². The van der Waals surface area contributed by atoms with E-state index in [1.807, 2.05) is 37.2 Å². The first-order valence-corrected chi connectivity index (χ1v) is 8.74. The van der Waals surface area contributed by atoms with Crippen molar-refractivity contribution in [2.75, 3.05) is 26.1 Å². The fourth-order valence-electron chi connectivity index (χ4n) is 2.50. The Morgan fingerprint density at radius 2 is 1.88 bits per heavy atom. The minimum absolute atomic E-state index is 0.194. The molecule has 1 heterocycles. The van der Waals surface area contributed by atoms with Crippen molar-refractivity contribution in [2.24, 2.45) is 0 Å². The fraction of sp³-hybridized carbons (Fsp3) is 0.375. The van der Waals surface area contributed by atoms with Crippen LogP contribution in [0.3, 0.4) is 0 Å². The molecule has 0 aliphatic carbocycles. The third-order valence-electron chi connectivity index (χ3n) is 3.89. The highest BCUT2D eigenvalue weighted by molar-refractivity contribution is 7.90. The van der Waals surface area contributed by atoms with Gasteiger partial charge in [0.15, 0.2) is 0 Å². The SMILES string of the molecule is COc1cc(N(C)C)ccc1C1C=CN(S(=O)(=O)C(F)(F)F)C=C1C. The third kappa shape index (κ3) is 3.60. The van der Waals surface area contributed by atoms with E-state index in [9.17, 15) is 21.6 Å². The van der Waals surface area contributed by atoms with Gasteiger partial charge in [0.1, 0.15) is 5.75 Å². The molecule has 0 aromatic heterocycles. The van der Waals surface area contributed by atoms with E-state index in [2.05, 4.69) is 0 Å². The number of anilines is 1. The van der Waals surface area contributed by atoms with Crippen molar-refractivity contribution in [1.82, 2.24) is 4.31 Å². The van der Waals surface area contributed by atoms with Crippen LogP contribution in [-0.4, -0.2) is 39.4 Å². The second-order valence-electron chi connectivity index (χ2n) is 5.79. The van der Waals surface area contributed by atoms with Gasteiger partial charge in [-0.05, 0) is 18.6 Å². The third-order valence-corrected chi connectivity index (χ3v) is 5.25. The number of sulfonamides is 1. The number of hydrogen-bond donors (Lipinski definition) is 0. The van der Waals surface area contributed by atoms with Gasteiger partial charge in [-0.25, -0.2) is 4.31 Å². The monoisotopic (exact) mass is 376 g/mol. The Balaban J connectivity index is 2.40. The first kappa shape index (κ1) is 19.2. The molecule has 2 rings (SSSR count). The van der Waals surface area contributed by atoms with Gasteiger partial charge in [0.2, 0.25) is 0 Å². The van der Waals surface area contributed by atoms with Gasteiger partial charge in [-0.2, -0.15) is 21.6 Å². The normalized spacial score (nSPS) is 18.1. The largest absolute Gasteiger partial charge is 0.517 e. The summed E-state index contributed by atoms with van der Waals surface area (Å²) in [6.45, 7) is 1.58. The van der Waals surface area contributed by atoms with E-state index in [0.717, 1.165) is 23.7 Å². The van der Waals surface area contributed by atoms with Crippen LogP contribution in [0.15, 0.2) is 42.2 Å². The summed E-state index contributed by atoms with van der Waals surface area (Å²) in [5.41, 5.74) is -3.26. The molecule has 0 saturated heterocycles. The number of alkyl halides is 3. The van der Waals surface area contributed by atoms with Crippen LogP contribution >= 0.6 is 0 Å². The molecular weight excluding hydrogens is 357 g/mol. The first-order chi connectivity index (χ1) is 11.5. The summed E-state index contributed by atoms with van der Waals surface area (Å²) in [7, 11) is -0.185. The number of methoxy groups -OCH3 is 1. The van der Waals surface area contributed by atoms with Gasteiger partial charge in [-0.3, -0.25) is 0 Å². The zero-order valence-corrected chi connectivity index (χ0v) is 15.0. The lowest BCUT2D eigenvalue weighted by molar-refractivity contribution is -0.0468. The Morgan fingerprint density at radius 3 is 2.36 bits per heavy atom. The maximum absolute atomic E-state index is 12.7. The van der Waals surface area contributed by atoms with Gasteiger partial charge in [0, 0.05) is 49.7 Å². The van der Waals surface area contributed by atoms with E-state index in [4.69, 9.17) is 4.74 Å². The van der Waals surface area contributed by atoms with Crippen LogP contribution in [-0.2, 0) is 10.0 Å². The van der Waals surface area contributed by atoms with Gasteiger partial charge < -0.3 is 9.64 Å². The van der Waals surface area contributed by atoms with E-state index in [-0.39, 0.29) is 10.2 Å². The second-order valence-corrected chi connectivity index (χ2v) is 7.63. The average molecular weight is 376 g/mol. The summed E-state index contributed by atoms with van der Waals surface area (Å²) in [4.78, 5) is 1.89. The van der Waals surface area contributed by atoms with Crippen LogP contribution < -0.4 is 9.64 Å². The Labute approximate surface area is 145 Å². The lowest BCUT2D eigenvalue weighted by atomic mass is 9.90. The fourth-order valence-corrected chi connectivity index (χ4v) is 3.27. The average Bonchev–Trinajstić information content (AvgIpc) is 2.53. The van der Waals surface area contributed by atoms with Crippen molar-refractivity contribution in [1.29, 1.82) is 0 Å². The zero-order chi connectivity index (χ0) is 19.0. The summed E-state index contributed by atoms with van der Waals surface area (Å²) in [6, 6.07) is 5.49. The summed E-state index contributed by atoms with van der Waals surface area (Å²) >= 11 is 0. The van der Waals surface area contributed by atoms with E-state index in [1.165, 1.54) is 13.2 Å². The van der Waals surface area contributed by atoms with Crippen molar-refractivity contribution in [2.45, 2.75) is 18.3 Å². The van der Waals surface area contributed by atoms with Gasteiger partial charge in [0.05, 0.1) is 7.11 Å². The lowest BCUT2D eigenvalue weighted by Crippen LogP contribution is -2.35. The van der Waals surface area contributed by atoms with E-state index in [0.29, 0.717) is 11.3 Å². The van der Waals surface area contributed by atoms with Gasteiger partial charge in [-0.1, -0.05) is 12.1 Å². The van der Waals surface area contributed by atoms with Crippen LogP contribution in [0, 0.1) is 0 Å². The summed E-state index contributed by atoms with van der Waals surface area (Å²) < 4.78 is 66.7. The van der Waals surface area contributed by atoms with E-state index in [1.54, 1.807) is 6.92 Å². The standard InChI is InChI=1S/C16H19F3N2O3S/c1-11-10-21(25(22,23)16(17,18)19)8-7-13(11)14-6-5-12(20(2)3)9-15(14)24-4/h5-10,13H,1-4H3. The predicted molar refractivity (Wildman–Crippen MR) is 89.8 cm³/mol. The Hall–Kier alpha value is -2.16. The van der Waals surface area contributed by atoms with E-state index < -0.39 is 15.5 Å². The summed E-state index contributed by atoms with van der Waals surface area (Å²) in [5, 5.41) is 0. The second kappa shape index (κ2) is 6.62. The molecule has 1 aromatic carbocycles. The Bertz CT molecular complexity index is 814. The molecule has 9 heteroatoms. The van der Waals surface area contributed by atoms with Crippen LogP contribution in [0.2, 0.25) is 0 Å². The molecule has 0 spiro atoms. The molecule has 1 unspecified atom stereocenters. The molecule has 0 amide bonds. The van der Waals surface area contributed by atoms with Crippen molar-refractivity contribution in [3.05, 3.63) is 47.8 Å². The molecule has 0 bridgehead atoms. The molecular formula is C16H19F3N2O3S. The molecule has 1 aromatic rings. The number of halogens is 3. The minimum atomic E-state index is -5.44. The van der Waals surface area contributed by atoms with Crippen LogP contribution in [0.5, 0.6) is 5.75 Å². The van der Waals surface area contributed by atoms with Crippen LogP contribution in [0.4, 0.5) is 18.9 Å². The number of benzene rings is 1. The minimum Gasteiger partial charge on any atom is -0.496 e. The van der Waals surface area contributed by atoms with Crippen molar-refractivity contribution in [3.63, 3.8) is 0 Å². The molecule has 1 atom stereocenters. The highest BCUT2D eigenvalue weighted by Crippen LogP contribution is 2.39. The molecule has 0 fully saturated rings. The highest BCUT2D eigenvalue weighted by Gasteiger charge is 2.49. The molecule has 5 nitrogen and oxygen atoms in total. The molecule has 0 N–H and O–H groups in total. The predicted octanol–water partition coefficient (Wildman–Crippen LogP) is 3.43. The smallest absolute Gasteiger partial charge is 0.496 e. The number of hydrogen-bond acceptors (Lipinski definition) is 4. The van der Waals surface area contributed by atoms with Gasteiger partial charge in [-0.15, -0.1) is 0 Å². The summed E-state index contributed by atoms with van der Waals surface area (Å²) in [5.74, 6) is 0.187. The maximum Gasteiger partial charge on any atom is 0.517 e. The quantitative estimate of drug-likeness (QED) is 0.808. The van der Waals surface area contributed by atoms with Crippen LogP contribution in [0.1, 0.15) is 18.4 Å².